The molecule has 2 fully saturated rings. The van der Waals surface area contributed by atoms with Gasteiger partial charge in [0, 0.05) is 58.1 Å². The van der Waals surface area contributed by atoms with E-state index in [9.17, 15) is 9.59 Å². The molecule has 0 aliphatic carbocycles. The number of methoxy groups -OCH3 is 1. The maximum Gasteiger partial charge on any atom is 0.248 e. The molecule has 7 nitrogen and oxygen atoms in total. The van der Waals surface area contributed by atoms with Gasteiger partial charge in [0.25, 0.3) is 0 Å². The number of ether oxygens (including phenoxy) is 1. The van der Waals surface area contributed by atoms with Gasteiger partial charge in [-0.3, -0.25) is 9.59 Å². The fourth-order valence-corrected chi connectivity index (χ4v) is 3.93. The summed E-state index contributed by atoms with van der Waals surface area (Å²) in [4.78, 5) is 32.4. The fourth-order valence-electron chi connectivity index (χ4n) is 3.93. The van der Waals surface area contributed by atoms with Crippen LogP contribution in [0.25, 0.3) is 0 Å². The van der Waals surface area contributed by atoms with E-state index in [0.29, 0.717) is 18.9 Å². The van der Waals surface area contributed by atoms with E-state index in [1.54, 1.807) is 19.6 Å². The number of carbonyl (C=O) groups is 2. The van der Waals surface area contributed by atoms with Crippen molar-refractivity contribution in [2.75, 3.05) is 33.4 Å². The molecule has 3 heterocycles. The summed E-state index contributed by atoms with van der Waals surface area (Å²) in [5, 5.41) is 0. The van der Waals surface area contributed by atoms with Crippen molar-refractivity contribution in [3.63, 3.8) is 0 Å². The quantitative estimate of drug-likeness (QED) is 0.770. The van der Waals surface area contributed by atoms with Crippen LogP contribution in [0.1, 0.15) is 25.7 Å². The average molecular weight is 334 g/mol. The van der Waals surface area contributed by atoms with Crippen molar-refractivity contribution >= 4 is 11.8 Å². The highest BCUT2D eigenvalue weighted by Crippen LogP contribution is 2.31. The van der Waals surface area contributed by atoms with E-state index in [0.717, 1.165) is 38.9 Å². The number of rotatable bonds is 6. The minimum Gasteiger partial charge on any atom is -0.375 e. The molecular weight excluding hydrogens is 308 g/mol. The number of hydrogen-bond acceptors (Lipinski definition) is 4. The Kier molecular flexibility index (Phi) is 5.50. The molecule has 2 aliphatic heterocycles. The van der Waals surface area contributed by atoms with E-state index in [1.807, 2.05) is 15.7 Å². The van der Waals surface area contributed by atoms with Crippen LogP contribution < -0.4 is 0 Å². The van der Waals surface area contributed by atoms with E-state index in [-0.39, 0.29) is 24.5 Å². The zero-order chi connectivity index (χ0) is 16.9. The summed E-state index contributed by atoms with van der Waals surface area (Å²) in [5.41, 5.74) is 0. The van der Waals surface area contributed by atoms with E-state index in [1.165, 1.54) is 0 Å². The number of nitrogens with zero attached hydrogens (tertiary/aromatic N) is 4. The minimum absolute atomic E-state index is 0.0551. The van der Waals surface area contributed by atoms with Crippen LogP contribution in [0.4, 0.5) is 0 Å². The van der Waals surface area contributed by atoms with E-state index in [4.69, 9.17) is 4.74 Å². The Hall–Kier alpha value is -1.89. The second-order valence-corrected chi connectivity index (χ2v) is 6.67. The molecule has 3 rings (SSSR count). The van der Waals surface area contributed by atoms with E-state index < -0.39 is 0 Å². The monoisotopic (exact) mass is 334 g/mol. The van der Waals surface area contributed by atoms with Crippen molar-refractivity contribution < 1.29 is 14.3 Å². The first-order chi connectivity index (χ1) is 11.7. The van der Waals surface area contributed by atoms with Crippen LogP contribution >= 0.6 is 0 Å². The smallest absolute Gasteiger partial charge is 0.248 e. The standard InChI is InChI=1S/C17H26N4O3/c1-24-12-17(23)20-9-5-15-14(11-20)3-4-16(22)21(15)8-2-7-19-10-6-18-13-19/h6,10,13-15H,2-5,7-9,11-12H2,1H3/t14-,15+/m1/s1. The molecule has 2 aliphatic rings. The highest BCUT2D eigenvalue weighted by atomic mass is 16.5. The van der Waals surface area contributed by atoms with Crippen molar-refractivity contribution in [3.05, 3.63) is 18.7 Å². The predicted molar refractivity (Wildman–Crippen MR) is 88.1 cm³/mol. The molecule has 2 amide bonds. The SMILES string of the molecule is COCC(=O)N1CC[C@H]2[C@H](CCC(=O)N2CCCn2ccnc2)C1. The molecule has 0 N–H and O–H groups in total. The predicted octanol–water partition coefficient (Wildman–Crippen LogP) is 0.759. The summed E-state index contributed by atoms with van der Waals surface area (Å²) < 4.78 is 7.00. The molecular formula is C17H26N4O3. The van der Waals surface area contributed by atoms with Crippen molar-refractivity contribution in [1.29, 1.82) is 0 Å². The van der Waals surface area contributed by atoms with Crippen molar-refractivity contribution in [2.24, 2.45) is 5.92 Å². The maximum absolute atomic E-state index is 12.4. The van der Waals surface area contributed by atoms with Gasteiger partial charge in [-0.1, -0.05) is 0 Å². The lowest BCUT2D eigenvalue weighted by Gasteiger charge is -2.47. The number of aryl methyl sites for hydroxylation is 1. The largest absolute Gasteiger partial charge is 0.375 e. The molecule has 2 saturated heterocycles. The topological polar surface area (TPSA) is 67.7 Å². The van der Waals surface area contributed by atoms with Gasteiger partial charge in [0.1, 0.15) is 6.61 Å². The van der Waals surface area contributed by atoms with Crippen LogP contribution in [0.2, 0.25) is 0 Å². The summed E-state index contributed by atoms with van der Waals surface area (Å²) in [7, 11) is 1.55. The van der Waals surface area contributed by atoms with Crippen LogP contribution in [0.3, 0.4) is 0 Å². The molecule has 1 aromatic heterocycles. The van der Waals surface area contributed by atoms with Gasteiger partial charge < -0.3 is 19.1 Å². The maximum atomic E-state index is 12.4. The summed E-state index contributed by atoms with van der Waals surface area (Å²) in [6, 6.07) is 0.278. The van der Waals surface area contributed by atoms with Gasteiger partial charge in [0.05, 0.1) is 6.33 Å². The molecule has 132 valence electrons. The Bertz CT molecular complexity index is 560. The lowest BCUT2D eigenvalue weighted by molar-refractivity contribution is -0.145. The molecule has 0 saturated carbocycles. The number of piperidine rings is 2. The third kappa shape index (κ3) is 3.77. The zero-order valence-electron chi connectivity index (χ0n) is 14.3. The first-order valence-electron chi connectivity index (χ1n) is 8.71. The molecule has 0 spiro atoms. The molecule has 0 unspecified atom stereocenters. The third-order valence-corrected chi connectivity index (χ3v) is 5.14. The molecule has 2 atom stereocenters. The minimum atomic E-state index is 0.0551. The second kappa shape index (κ2) is 7.79. The number of fused-ring (bicyclic) bond motifs is 1. The van der Waals surface area contributed by atoms with Gasteiger partial charge in [-0.25, -0.2) is 4.98 Å². The summed E-state index contributed by atoms with van der Waals surface area (Å²) in [5.74, 6) is 0.712. The molecule has 7 heteroatoms. The lowest BCUT2D eigenvalue weighted by atomic mass is 9.83. The van der Waals surface area contributed by atoms with Gasteiger partial charge in [0.2, 0.25) is 11.8 Å². The van der Waals surface area contributed by atoms with Gasteiger partial charge in [-0.05, 0) is 25.2 Å². The third-order valence-electron chi connectivity index (χ3n) is 5.14. The number of aromatic nitrogens is 2. The van der Waals surface area contributed by atoms with Crippen LogP contribution in [0, 0.1) is 5.92 Å². The Labute approximate surface area is 142 Å². The number of hydrogen-bond donors (Lipinski definition) is 0. The Morgan fingerprint density at radius 1 is 1.38 bits per heavy atom. The Balaban J connectivity index is 1.55. The van der Waals surface area contributed by atoms with Crippen molar-refractivity contribution in [3.8, 4) is 0 Å². The Morgan fingerprint density at radius 2 is 2.25 bits per heavy atom. The molecule has 0 radical (unpaired) electrons. The summed E-state index contributed by atoms with van der Waals surface area (Å²) >= 11 is 0. The summed E-state index contributed by atoms with van der Waals surface area (Å²) in [6.07, 6.45) is 8.81. The fraction of sp³-hybridized carbons (Fsp3) is 0.706. The first-order valence-corrected chi connectivity index (χ1v) is 8.71. The van der Waals surface area contributed by atoms with Crippen LogP contribution in [-0.2, 0) is 20.9 Å². The number of carbonyl (C=O) groups excluding carboxylic acids is 2. The van der Waals surface area contributed by atoms with Gasteiger partial charge in [-0.2, -0.15) is 0 Å². The highest BCUT2D eigenvalue weighted by Gasteiger charge is 2.39. The van der Waals surface area contributed by atoms with E-state index >= 15 is 0 Å². The van der Waals surface area contributed by atoms with Gasteiger partial charge in [-0.15, -0.1) is 0 Å². The van der Waals surface area contributed by atoms with Crippen LogP contribution in [0.15, 0.2) is 18.7 Å². The molecule has 24 heavy (non-hydrogen) atoms. The number of amides is 2. The average Bonchev–Trinajstić information content (AvgIpc) is 3.10. The molecule has 0 bridgehead atoms. The number of likely N-dealkylation sites (tertiary alicyclic amines) is 2. The Morgan fingerprint density at radius 3 is 3.00 bits per heavy atom. The first kappa shape index (κ1) is 17.0. The van der Waals surface area contributed by atoms with Crippen molar-refractivity contribution in [2.45, 2.75) is 38.3 Å². The van der Waals surface area contributed by atoms with Gasteiger partial charge in [0.15, 0.2) is 0 Å². The lowest BCUT2D eigenvalue weighted by Crippen LogP contribution is -2.57. The number of imidazole rings is 1. The van der Waals surface area contributed by atoms with Gasteiger partial charge >= 0.3 is 0 Å². The van der Waals surface area contributed by atoms with Crippen molar-refractivity contribution in [1.82, 2.24) is 19.4 Å². The molecule has 0 aromatic carbocycles. The second-order valence-electron chi connectivity index (χ2n) is 6.67. The van der Waals surface area contributed by atoms with Crippen LogP contribution in [-0.4, -0.2) is 70.6 Å². The normalized spacial score (nSPS) is 24.1. The summed E-state index contributed by atoms with van der Waals surface area (Å²) in [6.45, 7) is 3.27. The van der Waals surface area contributed by atoms with E-state index in [2.05, 4.69) is 9.88 Å². The molecule has 1 aromatic rings. The zero-order valence-corrected chi connectivity index (χ0v) is 14.3. The highest BCUT2D eigenvalue weighted by molar-refractivity contribution is 5.79. The van der Waals surface area contributed by atoms with Crippen LogP contribution in [0.5, 0.6) is 0 Å².